The zero-order valence-corrected chi connectivity index (χ0v) is 15.6. The first kappa shape index (κ1) is 17.5. The lowest BCUT2D eigenvalue weighted by Crippen LogP contribution is -2.32. The number of aromatic nitrogens is 1. The third kappa shape index (κ3) is 4.08. The molecule has 1 fully saturated rings. The zero-order chi connectivity index (χ0) is 17.8. The number of nitrogens with zero attached hydrogens (tertiary/aromatic N) is 2. The van der Waals surface area contributed by atoms with E-state index in [0.29, 0.717) is 6.10 Å². The molecule has 0 amide bonds. The van der Waals surface area contributed by atoms with Gasteiger partial charge in [-0.2, -0.15) is 0 Å². The van der Waals surface area contributed by atoms with Crippen molar-refractivity contribution in [2.75, 3.05) is 20.3 Å². The van der Waals surface area contributed by atoms with Crippen LogP contribution < -0.4 is 4.74 Å². The molecule has 1 saturated heterocycles. The van der Waals surface area contributed by atoms with Crippen LogP contribution in [0.3, 0.4) is 0 Å². The number of hydrogen-bond donors (Lipinski definition) is 0. The molecule has 2 heterocycles. The van der Waals surface area contributed by atoms with Crippen molar-refractivity contribution in [2.24, 2.45) is 0 Å². The summed E-state index contributed by atoms with van der Waals surface area (Å²) in [5.74, 6) is 1.02. The third-order valence-electron chi connectivity index (χ3n) is 5.49. The van der Waals surface area contributed by atoms with Gasteiger partial charge in [-0.05, 0) is 61.4 Å². The highest BCUT2D eigenvalue weighted by molar-refractivity contribution is 5.44. The highest BCUT2D eigenvalue weighted by atomic mass is 16.5. The normalized spacial score (nSPS) is 19.1. The molecule has 26 heavy (non-hydrogen) atoms. The van der Waals surface area contributed by atoms with Gasteiger partial charge in [-0.15, -0.1) is 0 Å². The van der Waals surface area contributed by atoms with Crippen molar-refractivity contribution >= 4 is 0 Å². The molecule has 0 saturated carbocycles. The minimum Gasteiger partial charge on any atom is -0.496 e. The van der Waals surface area contributed by atoms with E-state index < -0.39 is 0 Å². The van der Waals surface area contributed by atoms with E-state index >= 15 is 0 Å². The maximum atomic E-state index is 5.90. The van der Waals surface area contributed by atoms with Crippen LogP contribution in [0, 0.1) is 0 Å². The van der Waals surface area contributed by atoms with Crippen LogP contribution in [0.15, 0.2) is 36.5 Å². The Morgan fingerprint density at radius 1 is 1.15 bits per heavy atom. The predicted molar refractivity (Wildman–Crippen MR) is 102 cm³/mol. The molecule has 4 rings (SSSR count). The first-order chi connectivity index (χ1) is 12.8. The van der Waals surface area contributed by atoms with Gasteiger partial charge in [0, 0.05) is 38.0 Å². The second-order valence-electron chi connectivity index (χ2n) is 7.41. The summed E-state index contributed by atoms with van der Waals surface area (Å²) in [7, 11) is 1.78. The van der Waals surface area contributed by atoms with E-state index in [1.807, 2.05) is 12.3 Å². The first-order valence-electron chi connectivity index (χ1n) is 9.74. The van der Waals surface area contributed by atoms with Gasteiger partial charge in [-0.25, -0.2) is 0 Å². The van der Waals surface area contributed by atoms with Gasteiger partial charge >= 0.3 is 0 Å². The largest absolute Gasteiger partial charge is 0.496 e. The average Bonchev–Trinajstić information content (AvgIpc) is 3.33. The molecule has 0 radical (unpaired) electrons. The van der Waals surface area contributed by atoms with E-state index in [1.165, 1.54) is 42.4 Å². The third-order valence-corrected chi connectivity index (χ3v) is 5.49. The Morgan fingerprint density at radius 2 is 2.04 bits per heavy atom. The standard InChI is InChI=1S/C22H28N2O2/c1-25-22-13-18-7-4-6-17(18)12-19(22)14-24(16-21-9-5-11-26-21)15-20-8-2-3-10-23-20/h2-3,8,10,12-13,21H,4-7,9,11,14-16H2,1H3. The van der Waals surface area contributed by atoms with E-state index in [1.54, 1.807) is 7.11 Å². The maximum Gasteiger partial charge on any atom is 0.123 e. The fourth-order valence-electron chi connectivity index (χ4n) is 4.19. The summed E-state index contributed by atoms with van der Waals surface area (Å²) >= 11 is 0. The number of pyridine rings is 1. The summed E-state index contributed by atoms with van der Waals surface area (Å²) < 4.78 is 11.6. The molecule has 4 heteroatoms. The Balaban J connectivity index is 1.55. The van der Waals surface area contributed by atoms with Crippen LogP contribution in [-0.2, 0) is 30.7 Å². The number of hydrogen-bond acceptors (Lipinski definition) is 4. The number of ether oxygens (including phenoxy) is 2. The SMILES string of the molecule is COc1cc2c(cc1CN(Cc1ccccn1)CC1CCCO1)CCC2. The topological polar surface area (TPSA) is 34.6 Å². The highest BCUT2D eigenvalue weighted by Gasteiger charge is 2.22. The van der Waals surface area contributed by atoms with Gasteiger partial charge < -0.3 is 9.47 Å². The van der Waals surface area contributed by atoms with Crippen molar-refractivity contribution in [3.63, 3.8) is 0 Å². The maximum absolute atomic E-state index is 5.90. The van der Waals surface area contributed by atoms with Crippen LogP contribution in [0.4, 0.5) is 0 Å². The predicted octanol–water partition coefficient (Wildman–Crippen LogP) is 3.76. The molecule has 0 N–H and O–H groups in total. The number of methoxy groups -OCH3 is 1. The van der Waals surface area contributed by atoms with E-state index in [2.05, 4.69) is 34.1 Å². The van der Waals surface area contributed by atoms with Gasteiger partial charge in [-0.3, -0.25) is 9.88 Å². The van der Waals surface area contributed by atoms with Crippen LogP contribution in [0.5, 0.6) is 5.75 Å². The van der Waals surface area contributed by atoms with Gasteiger partial charge in [0.1, 0.15) is 5.75 Å². The van der Waals surface area contributed by atoms with Crippen molar-refractivity contribution in [3.05, 3.63) is 58.9 Å². The lowest BCUT2D eigenvalue weighted by atomic mass is 10.0. The highest BCUT2D eigenvalue weighted by Crippen LogP contribution is 2.31. The smallest absolute Gasteiger partial charge is 0.123 e. The lowest BCUT2D eigenvalue weighted by Gasteiger charge is -2.26. The van der Waals surface area contributed by atoms with E-state index in [9.17, 15) is 0 Å². The van der Waals surface area contributed by atoms with Crippen LogP contribution in [0.25, 0.3) is 0 Å². The van der Waals surface area contributed by atoms with Gasteiger partial charge in [-0.1, -0.05) is 12.1 Å². The molecule has 0 bridgehead atoms. The van der Waals surface area contributed by atoms with E-state index in [4.69, 9.17) is 9.47 Å². The summed E-state index contributed by atoms with van der Waals surface area (Å²) in [6.45, 7) is 3.54. The Morgan fingerprint density at radius 3 is 2.77 bits per heavy atom. The van der Waals surface area contributed by atoms with Gasteiger partial charge in [0.2, 0.25) is 0 Å². The molecule has 1 aromatic carbocycles. The fraction of sp³-hybridized carbons (Fsp3) is 0.500. The van der Waals surface area contributed by atoms with Crippen LogP contribution in [-0.4, -0.2) is 36.2 Å². The van der Waals surface area contributed by atoms with Gasteiger partial charge in [0.15, 0.2) is 0 Å². The van der Waals surface area contributed by atoms with Gasteiger partial charge in [0.25, 0.3) is 0 Å². The Hall–Kier alpha value is -1.91. The molecule has 1 aliphatic carbocycles. The monoisotopic (exact) mass is 352 g/mol. The van der Waals surface area contributed by atoms with Crippen molar-refractivity contribution in [1.82, 2.24) is 9.88 Å². The second-order valence-corrected chi connectivity index (χ2v) is 7.41. The molecular weight excluding hydrogens is 324 g/mol. The summed E-state index contributed by atoms with van der Waals surface area (Å²) in [4.78, 5) is 6.98. The molecule has 1 unspecified atom stereocenters. The Kier molecular flexibility index (Phi) is 5.51. The summed E-state index contributed by atoms with van der Waals surface area (Å²) in [6.07, 6.45) is 8.16. The quantitative estimate of drug-likeness (QED) is 0.760. The molecular formula is C22H28N2O2. The van der Waals surface area contributed by atoms with E-state index in [-0.39, 0.29) is 0 Å². The van der Waals surface area contributed by atoms with Crippen molar-refractivity contribution in [2.45, 2.75) is 51.3 Å². The number of aryl methyl sites for hydroxylation is 2. The number of benzene rings is 1. The molecule has 1 aromatic heterocycles. The van der Waals surface area contributed by atoms with Crippen LogP contribution in [0.1, 0.15) is 41.6 Å². The molecule has 4 nitrogen and oxygen atoms in total. The van der Waals surface area contributed by atoms with Crippen LogP contribution >= 0.6 is 0 Å². The van der Waals surface area contributed by atoms with Crippen molar-refractivity contribution < 1.29 is 9.47 Å². The molecule has 2 aliphatic rings. The van der Waals surface area contributed by atoms with Crippen molar-refractivity contribution in [1.29, 1.82) is 0 Å². The zero-order valence-electron chi connectivity index (χ0n) is 15.6. The fourth-order valence-corrected chi connectivity index (χ4v) is 4.19. The Labute approximate surface area is 156 Å². The molecule has 2 aromatic rings. The van der Waals surface area contributed by atoms with Crippen LogP contribution in [0.2, 0.25) is 0 Å². The average molecular weight is 352 g/mol. The molecule has 1 atom stereocenters. The molecule has 0 spiro atoms. The number of fused-ring (bicyclic) bond motifs is 1. The van der Waals surface area contributed by atoms with E-state index in [0.717, 1.165) is 44.1 Å². The summed E-state index contributed by atoms with van der Waals surface area (Å²) in [5.41, 5.74) is 5.34. The summed E-state index contributed by atoms with van der Waals surface area (Å²) in [5, 5.41) is 0. The lowest BCUT2D eigenvalue weighted by molar-refractivity contribution is 0.0672. The minimum atomic E-state index is 0.333. The second kappa shape index (κ2) is 8.19. The van der Waals surface area contributed by atoms with Gasteiger partial charge in [0.05, 0.1) is 18.9 Å². The first-order valence-corrected chi connectivity index (χ1v) is 9.74. The minimum absolute atomic E-state index is 0.333. The summed E-state index contributed by atoms with van der Waals surface area (Å²) in [6, 6.07) is 10.7. The molecule has 1 aliphatic heterocycles. The number of rotatable bonds is 7. The Bertz CT molecular complexity index is 726. The van der Waals surface area contributed by atoms with Crippen molar-refractivity contribution in [3.8, 4) is 5.75 Å². The molecule has 138 valence electrons.